The number of H-pyrrole nitrogens is 1. The fraction of sp³-hybridized carbons (Fsp3) is 0.286. The molecular formula is C14H16N4. The van der Waals surface area contributed by atoms with Crippen LogP contribution in [0.15, 0.2) is 30.5 Å². The maximum Gasteiger partial charge on any atom is 0.109 e. The van der Waals surface area contributed by atoms with Gasteiger partial charge in [-0.25, -0.2) is 4.98 Å². The molecule has 0 saturated carbocycles. The Labute approximate surface area is 106 Å². The average molecular weight is 240 g/mol. The van der Waals surface area contributed by atoms with Crippen LogP contribution in [0, 0.1) is 11.3 Å². The summed E-state index contributed by atoms with van der Waals surface area (Å²) in [5, 5.41) is 8.88. The first-order chi connectivity index (χ1) is 8.74. The van der Waals surface area contributed by atoms with E-state index >= 15 is 0 Å². The van der Waals surface area contributed by atoms with E-state index in [9.17, 15) is 0 Å². The maximum absolute atomic E-state index is 8.88. The minimum Gasteiger partial charge on any atom is -0.342 e. The zero-order valence-electron chi connectivity index (χ0n) is 10.4. The summed E-state index contributed by atoms with van der Waals surface area (Å²) in [6.07, 6.45) is 2.71. The predicted octanol–water partition coefficient (Wildman–Crippen LogP) is 2.40. The lowest BCUT2D eigenvalue weighted by atomic mass is 10.1. The third-order valence-corrected chi connectivity index (χ3v) is 2.96. The van der Waals surface area contributed by atoms with Crippen molar-refractivity contribution in [2.75, 3.05) is 6.54 Å². The molecule has 1 aromatic carbocycles. The minimum absolute atomic E-state index is 0.322. The quantitative estimate of drug-likeness (QED) is 0.861. The lowest BCUT2D eigenvalue weighted by molar-refractivity contribution is 0.655. The van der Waals surface area contributed by atoms with Crippen LogP contribution in [0.1, 0.15) is 30.7 Å². The number of imidazole rings is 1. The van der Waals surface area contributed by atoms with Crippen LogP contribution in [0.3, 0.4) is 0 Å². The maximum atomic E-state index is 8.88. The number of nitrogens with two attached hydrogens (primary N) is 1. The van der Waals surface area contributed by atoms with E-state index in [4.69, 9.17) is 11.0 Å². The highest BCUT2D eigenvalue weighted by atomic mass is 14.9. The van der Waals surface area contributed by atoms with E-state index < -0.39 is 0 Å². The number of aromatic nitrogens is 2. The third kappa shape index (κ3) is 2.58. The van der Waals surface area contributed by atoms with Crippen molar-refractivity contribution < 1.29 is 0 Å². The molecule has 0 aliphatic rings. The van der Waals surface area contributed by atoms with Gasteiger partial charge in [-0.1, -0.05) is 19.1 Å². The normalized spacial score (nSPS) is 12.1. The molecule has 3 N–H and O–H groups in total. The second-order valence-corrected chi connectivity index (χ2v) is 4.35. The lowest BCUT2D eigenvalue weighted by Crippen LogP contribution is -2.05. The molecule has 4 nitrogen and oxygen atoms in total. The molecule has 1 unspecified atom stereocenters. The van der Waals surface area contributed by atoms with Crippen LogP contribution in [-0.2, 0) is 0 Å². The van der Waals surface area contributed by atoms with Crippen LogP contribution in [0.25, 0.3) is 11.3 Å². The van der Waals surface area contributed by atoms with Crippen molar-refractivity contribution in [2.45, 2.75) is 19.3 Å². The van der Waals surface area contributed by atoms with E-state index in [2.05, 4.69) is 23.0 Å². The molecule has 2 rings (SSSR count). The summed E-state index contributed by atoms with van der Waals surface area (Å²) in [5.74, 6) is 1.26. The average Bonchev–Trinajstić information content (AvgIpc) is 2.89. The van der Waals surface area contributed by atoms with Gasteiger partial charge in [0.05, 0.1) is 23.5 Å². The van der Waals surface area contributed by atoms with Crippen LogP contribution in [0.4, 0.5) is 0 Å². The first-order valence-electron chi connectivity index (χ1n) is 6.00. The SMILES string of the molecule is CC(CCN)c1ncc(-c2cccc(C#N)c2)[nH]1. The summed E-state index contributed by atoms with van der Waals surface area (Å²) in [6.45, 7) is 2.75. The largest absolute Gasteiger partial charge is 0.342 e. The Kier molecular flexibility index (Phi) is 3.75. The molecule has 0 radical (unpaired) electrons. The molecule has 0 amide bonds. The molecule has 2 aromatic rings. The lowest BCUT2D eigenvalue weighted by Gasteiger charge is -2.05. The summed E-state index contributed by atoms with van der Waals surface area (Å²) < 4.78 is 0. The van der Waals surface area contributed by atoms with E-state index in [1.807, 2.05) is 18.2 Å². The van der Waals surface area contributed by atoms with E-state index in [1.54, 1.807) is 12.3 Å². The fourth-order valence-corrected chi connectivity index (χ4v) is 1.88. The van der Waals surface area contributed by atoms with E-state index in [0.717, 1.165) is 23.5 Å². The van der Waals surface area contributed by atoms with Gasteiger partial charge >= 0.3 is 0 Å². The standard InChI is InChI=1S/C14H16N4/c1-10(5-6-15)14-17-9-13(18-14)12-4-2-3-11(7-12)8-16/h2-4,7,9-10H,5-6,15H2,1H3,(H,17,18). The number of hydrogen-bond acceptors (Lipinski definition) is 3. The molecule has 18 heavy (non-hydrogen) atoms. The Morgan fingerprint density at radius 1 is 1.50 bits per heavy atom. The Bertz CT molecular complexity index is 565. The summed E-state index contributed by atoms with van der Waals surface area (Å²) in [6, 6.07) is 9.61. The molecular weight excluding hydrogens is 224 g/mol. The van der Waals surface area contributed by atoms with Crippen LogP contribution >= 0.6 is 0 Å². The molecule has 0 fully saturated rings. The molecule has 0 aliphatic heterocycles. The molecule has 1 aromatic heterocycles. The monoisotopic (exact) mass is 240 g/mol. The second kappa shape index (κ2) is 5.48. The smallest absolute Gasteiger partial charge is 0.109 e. The van der Waals surface area contributed by atoms with Gasteiger partial charge in [-0.05, 0) is 25.1 Å². The van der Waals surface area contributed by atoms with Gasteiger partial charge in [-0.2, -0.15) is 5.26 Å². The van der Waals surface area contributed by atoms with E-state index in [1.165, 1.54) is 0 Å². The van der Waals surface area contributed by atoms with Gasteiger partial charge in [0.25, 0.3) is 0 Å². The van der Waals surface area contributed by atoms with Crippen LogP contribution < -0.4 is 5.73 Å². The minimum atomic E-state index is 0.322. The summed E-state index contributed by atoms with van der Waals surface area (Å²) in [4.78, 5) is 7.66. The number of aromatic amines is 1. The van der Waals surface area contributed by atoms with Crippen molar-refractivity contribution in [3.05, 3.63) is 41.9 Å². The van der Waals surface area contributed by atoms with Crippen molar-refractivity contribution in [1.29, 1.82) is 5.26 Å². The Morgan fingerprint density at radius 3 is 3.06 bits per heavy atom. The highest BCUT2D eigenvalue weighted by molar-refractivity contribution is 5.60. The number of nitriles is 1. The van der Waals surface area contributed by atoms with Crippen molar-refractivity contribution in [2.24, 2.45) is 5.73 Å². The highest BCUT2D eigenvalue weighted by Gasteiger charge is 2.10. The van der Waals surface area contributed by atoms with Crippen LogP contribution in [0.2, 0.25) is 0 Å². The van der Waals surface area contributed by atoms with Crippen LogP contribution in [0.5, 0.6) is 0 Å². The van der Waals surface area contributed by atoms with Gasteiger partial charge in [0, 0.05) is 11.5 Å². The van der Waals surface area contributed by atoms with E-state index in [0.29, 0.717) is 18.0 Å². The number of nitrogens with zero attached hydrogens (tertiary/aromatic N) is 2. The van der Waals surface area contributed by atoms with Gasteiger partial charge in [0.1, 0.15) is 5.82 Å². The van der Waals surface area contributed by atoms with Gasteiger partial charge in [-0.3, -0.25) is 0 Å². The molecule has 4 heteroatoms. The van der Waals surface area contributed by atoms with Crippen LogP contribution in [-0.4, -0.2) is 16.5 Å². The second-order valence-electron chi connectivity index (χ2n) is 4.35. The topological polar surface area (TPSA) is 78.5 Å². The zero-order chi connectivity index (χ0) is 13.0. The van der Waals surface area contributed by atoms with Gasteiger partial charge < -0.3 is 10.7 Å². The Morgan fingerprint density at radius 2 is 2.33 bits per heavy atom. The first kappa shape index (κ1) is 12.3. The molecule has 1 atom stereocenters. The number of benzene rings is 1. The molecule has 0 spiro atoms. The van der Waals surface area contributed by atoms with Gasteiger partial charge in [0.2, 0.25) is 0 Å². The molecule has 0 aliphatic carbocycles. The third-order valence-electron chi connectivity index (χ3n) is 2.96. The Balaban J connectivity index is 2.26. The summed E-state index contributed by atoms with van der Waals surface area (Å²) >= 11 is 0. The van der Waals surface area contributed by atoms with Crippen molar-refractivity contribution in [3.63, 3.8) is 0 Å². The first-order valence-corrected chi connectivity index (χ1v) is 6.00. The molecule has 1 heterocycles. The summed E-state index contributed by atoms with van der Waals surface area (Å²) in [5.41, 5.74) is 8.11. The number of hydrogen-bond donors (Lipinski definition) is 2. The van der Waals surface area contributed by atoms with E-state index in [-0.39, 0.29) is 0 Å². The van der Waals surface area contributed by atoms with Crippen molar-refractivity contribution in [3.8, 4) is 17.3 Å². The molecule has 0 bridgehead atoms. The number of nitrogens with one attached hydrogen (secondary N) is 1. The zero-order valence-corrected chi connectivity index (χ0v) is 10.4. The van der Waals surface area contributed by atoms with Gasteiger partial charge in [0.15, 0.2) is 0 Å². The molecule has 0 saturated heterocycles. The van der Waals surface area contributed by atoms with Gasteiger partial charge in [-0.15, -0.1) is 0 Å². The Hall–Kier alpha value is -2.12. The number of rotatable bonds is 4. The fourth-order valence-electron chi connectivity index (χ4n) is 1.88. The summed E-state index contributed by atoms with van der Waals surface area (Å²) in [7, 11) is 0. The highest BCUT2D eigenvalue weighted by Crippen LogP contribution is 2.22. The van der Waals surface area contributed by atoms with Crippen molar-refractivity contribution in [1.82, 2.24) is 9.97 Å². The predicted molar refractivity (Wildman–Crippen MR) is 70.8 cm³/mol. The van der Waals surface area contributed by atoms with Crippen molar-refractivity contribution >= 4 is 0 Å². The molecule has 92 valence electrons.